The quantitative estimate of drug-likeness (QED) is 0.640. The van der Waals surface area contributed by atoms with Crippen LogP contribution in [-0.2, 0) is 11.2 Å². The van der Waals surface area contributed by atoms with Gasteiger partial charge in [0, 0.05) is 6.54 Å². The highest BCUT2D eigenvalue weighted by atomic mass is 16.5. The number of carbonyl (C=O) groups excluding carboxylic acids is 1. The smallest absolute Gasteiger partial charge is 0.239 e. The van der Waals surface area contributed by atoms with Gasteiger partial charge < -0.3 is 24.8 Å². The molecule has 0 radical (unpaired) electrons. The summed E-state index contributed by atoms with van der Waals surface area (Å²) in [5, 5.41) is 15.0. The van der Waals surface area contributed by atoms with E-state index >= 15 is 0 Å². The molecule has 0 saturated carbocycles. The Morgan fingerprint density at radius 1 is 1.07 bits per heavy atom. The summed E-state index contributed by atoms with van der Waals surface area (Å²) in [6.45, 7) is 4.41. The van der Waals surface area contributed by atoms with E-state index in [1.54, 1.807) is 32.4 Å². The van der Waals surface area contributed by atoms with Crippen molar-refractivity contribution in [1.29, 1.82) is 5.26 Å². The van der Waals surface area contributed by atoms with Crippen LogP contribution in [0.15, 0.2) is 36.4 Å². The van der Waals surface area contributed by atoms with Crippen LogP contribution >= 0.6 is 0 Å². The van der Waals surface area contributed by atoms with Crippen molar-refractivity contribution in [2.45, 2.75) is 26.4 Å². The fourth-order valence-electron chi connectivity index (χ4n) is 2.71. The molecule has 2 aromatic rings. The summed E-state index contributed by atoms with van der Waals surface area (Å²) in [6, 6.07) is 12.9. The maximum Gasteiger partial charge on any atom is 0.239 e. The van der Waals surface area contributed by atoms with Gasteiger partial charge in [0.1, 0.15) is 5.75 Å². The molecule has 0 spiro atoms. The zero-order chi connectivity index (χ0) is 21.2. The van der Waals surface area contributed by atoms with Crippen LogP contribution < -0.4 is 24.8 Å². The van der Waals surface area contributed by atoms with E-state index in [0.717, 1.165) is 5.56 Å². The zero-order valence-electron chi connectivity index (χ0n) is 17.2. The summed E-state index contributed by atoms with van der Waals surface area (Å²) < 4.78 is 16.2. The van der Waals surface area contributed by atoms with Gasteiger partial charge in [-0.05, 0) is 56.2 Å². The minimum Gasteiger partial charge on any atom is -0.493 e. The molecule has 2 aromatic carbocycles. The highest BCUT2D eigenvalue weighted by molar-refractivity contribution is 5.81. The van der Waals surface area contributed by atoms with Gasteiger partial charge in [-0.2, -0.15) is 5.26 Å². The van der Waals surface area contributed by atoms with Gasteiger partial charge in [-0.25, -0.2) is 0 Å². The summed E-state index contributed by atoms with van der Waals surface area (Å²) in [4.78, 5) is 12.2. The number of carbonyl (C=O) groups is 1. The van der Waals surface area contributed by atoms with E-state index in [9.17, 15) is 4.79 Å². The normalized spacial score (nSPS) is 10.2. The first-order chi connectivity index (χ1) is 14.0. The molecule has 1 amide bonds. The van der Waals surface area contributed by atoms with Crippen molar-refractivity contribution in [2.24, 2.45) is 0 Å². The molecular formula is C22H27N3O4. The van der Waals surface area contributed by atoms with Gasteiger partial charge in [0.05, 0.1) is 44.2 Å². The van der Waals surface area contributed by atoms with Crippen LogP contribution in [0.2, 0.25) is 0 Å². The molecule has 154 valence electrons. The standard InChI is InChI=1S/C22H27N3O4/c1-15(2)29-19-7-6-17(13-23)11-18(19)25-14-22(26)24-10-9-16-5-8-20(27-3)21(12-16)28-4/h5-8,11-12,15,25H,9-10,14H2,1-4H3,(H,24,26). The summed E-state index contributed by atoms with van der Waals surface area (Å²) in [5.41, 5.74) is 2.15. The van der Waals surface area contributed by atoms with Crippen LogP contribution in [0.1, 0.15) is 25.0 Å². The summed E-state index contributed by atoms with van der Waals surface area (Å²) in [7, 11) is 3.18. The van der Waals surface area contributed by atoms with E-state index in [4.69, 9.17) is 19.5 Å². The molecule has 0 saturated heterocycles. The zero-order valence-corrected chi connectivity index (χ0v) is 17.2. The van der Waals surface area contributed by atoms with Crippen molar-refractivity contribution in [3.05, 3.63) is 47.5 Å². The number of ether oxygens (including phenoxy) is 3. The minimum atomic E-state index is -0.150. The summed E-state index contributed by atoms with van der Waals surface area (Å²) in [6.07, 6.45) is 0.649. The van der Waals surface area contributed by atoms with Crippen molar-refractivity contribution >= 4 is 11.6 Å². The largest absolute Gasteiger partial charge is 0.493 e. The average molecular weight is 397 g/mol. The van der Waals surface area contributed by atoms with E-state index in [2.05, 4.69) is 16.7 Å². The molecule has 29 heavy (non-hydrogen) atoms. The highest BCUT2D eigenvalue weighted by Crippen LogP contribution is 2.28. The molecule has 2 rings (SSSR count). The van der Waals surface area contributed by atoms with Crippen LogP contribution in [0.25, 0.3) is 0 Å². The van der Waals surface area contributed by atoms with Crippen molar-refractivity contribution in [2.75, 3.05) is 32.6 Å². The lowest BCUT2D eigenvalue weighted by atomic mass is 10.1. The topological polar surface area (TPSA) is 92.6 Å². The molecule has 0 fully saturated rings. The van der Waals surface area contributed by atoms with Crippen LogP contribution in [0.3, 0.4) is 0 Å². The van der Waals surface area contributed by atoms with Gasteiger partial charge in [-0.3, -0.25) is 4.79 Å². The Kier molecular flexibility index (Phi) is 8.16. The number of methoxy groups -OCH3 is 2. The Morgan fingerprint density at radius 3 is 2.45 bits per heavy atom. The Labute approximate surface area is 171 Å². The Bertz CT molecular complexity index is 875. The molecule has 0 heterocycles. The lowest BCUT2D eigenvalue weighted by molar-refractivity contribution is -0.119. The first kappa shape index (κ1) is 21.9. The number of rotatable bonds is 10. The van der Waals surface area contributed by atoms with Crippen molar-refractivity contribution in [1.82, 2.24) is 5.32 Å². The lowest BCUT2D eigenvalue weighted by Crippen LogP contribution is -2.31. The van der Waals surface area contributed by atoms with E-state index in [1.165, 1.54) is 0 Å². The van der Waals surface area contributed by atoms with Gasteiger partial charge in [0.2, 0.25) is 5.91 Å². The number of anilines is 1. The molecule has 7 nitrogen and oxygen atoms in total. The predicted molar refractivity (Wildman–Crippen MR) is 112 cm³/mol. The fourth-order valence-corrected chi connectivity index (χ4v) is 2.71. The van der Waals surface area contributed by atoms with E-state index < -0.39 is 0 Å². The van der Waals surface area contributed by atoms with Crippen molar-refractivity contribution in [3.8, 4) is 23.3 Å². The lowest BCUT2D eigenvalue weighted by Gasteiger charge is -2.16. The monoisotopic (exact) mass is 397 g/mol. The third-order valence-electron chi connectivity index (χ3n) is 4.09. The van der Waals surface area contributed by atoms with Gasteiger partial charge in [-0.1, -0.05) is 6.07 Å². The number of nitrogens with zero attached hydrogens (tertiary/aromatic N) is 1. The molecular weight excluding hydrogens is 370 g/mol. The first-order valence-electron chi connectivity index (χ1n) is 9.39. The molecule has 0 aromatic heterocycles. The molecule has 0 bridgehead atoms. The second kappa shape index (κ2) is 10.8. The first-order valence-corrected chi connectivity index (χ1v) is 9.39. The molecule has 0 aliphatic rings. The molecule has 0 atom stereocenters. The van der Waals surface area contributed by atoms with E-state index in [1.807, 2.05) is 32.0 Å². The van der Waals surface area contributed by atoms with Crippen LogP contribution in [0.4, 0.5) is 5.69 Å². The molecule has 2 N–H and O–H groups in total. The minimum absolute atomic E-state index is 0.0150. The molecule has 0 aliphatic carbocycles. The third kappa shape index (κ3) is 6.61. The maximum atomic E-state index is 12.2. The second-order valence-corrected chi connectivity index (χ2v) is 6.63. The Balaban J connectivity index is 1.88. The van der Waals surface area contributed by atoms with Crippen molar-refractivity contribution < 1.29 is 19.0 Å². The highest BCUT2D eigenvalue weighted by Gasteiger charge is 2.10. The van der Waals surface area contributed by atoms with Gasteiger partial charge in [0.15, 0.2) is 11.5 Å². The van der Waals surface area contributed by atoms with Crippen LogP contribution in [0.5, 0.6) is 17.2 Å². The number of amides is 1. The number of hydrogen-bond donors (Lipinski definition) is 2. The number of nitriles is 1. The summed E-state index contributed by atoms with van der Waals surface area (Å²) in [5.74, 6) is 1.79. The van der Waals surface area contributed by atoms with E-state index in [-0.39, 0.29) is 18.6 Å². The number of nitrogens with one attached hydrogen (secondary N) is 2. The SMILES string of the molecule is COc1ccc(CCNC(=O)CNc2cc(C#N)ccc2OC(C)C)cc1OC. The number of benzene rings is 2. The predicted octanol–water partition coefficient (Wildman–Crippen LogP) is 3.13. The van der Waals surface area contributed by atoms with Crippen LogP contribution in [0, 0.1) is 11.3 Å². The van der Waals surface area contributed by atoms with Gasteiger partial charge in [-0.15, -0.1) is 0 Å². The molecule has 0 unspecified atom stereocenters. The van der Waals surface area contributed by atoms with Crippen molar-refractivity contribution in [3.63, 3.8) is 0 Å². The Morgan fingerprint density at radius 2 is 1.79 bits per heavy atom. The molecule has 0 aliphatic heterocycles. The summed E-state index contributed by atoms with van der Waals surface area (Å²) >= 11 is 0. The van der Waals surface area contributed by atoms with E-state index in [0.29, 0.717) is 41.5 Å². The maximum absolute atomic E-state index is 12.2. The van der Waals surface area contributed by atoms with Gasteiger partial charge in [0.25, 0.3) is 0 Å². The Hall–Kier alpha value is -3.40. The molecule has 7 heteroatoms. The van der Waals surface area contributed by atoms with Gasteiger partial charge >= 0.3 is 0 Å². The fraction of sp³-hybridized carbons (Fsp3) is 0.364. The van der Waals surface area contributed by atoms with Crippen LogP contribution in [-0.4, -0.2) is 39.3 Å². The average Bonchev–Trinajstić information content (AvgIpc) is 2.72. The third-order valence-corrected chi connectivity index (χ3v) is 4.09. The second-order valence-electron chi connectivity index (χ2n) is 6.63. The number of hydrogen-bond acceptors (Lipinski definition) is 6.